The third kappa shape index (κ3) is 2.49. The Morgan fingerprint density at radius 2 is 0.643 bits per heavy atom. The van der Waals surface area contributed by atoms with E-state index in [2.05, 4.69) is 0 Å². The fraction of sp³-hybridized carbons (Fsp3) is 0. The van der Waals surface area contributed by atoms with Crippen LogP contribution in [0.3, 0.4) is 0 Å². The van der Waals surface area contributed by atoms with E-state index in [4.69, 9.17) is 0 Å². The summed E-state index contributed by atoms with van der Waals surface area (Å²) in [5, 5.41) is 3.63. The lowest BCUT2D eigenvalue weighted by Gasteiger charge is -2.18. The number of benzene rings is 5. The second-order valence-electron chi connectivity index (χ2n) is 6.80. The van der Waals surface area contributed by atoms with Gasteiger partial charge in [-0.25, -0.2) is 8.78 Å². The number of rotatable bonds is 2. The van der Waals surface area contributed by atoms with Gasteiger partial charge in [0, 0.05) is 22.3 Å². The van der Waals surface area contributed by atoms with Crippen molar-refractivity contribution in [3.8, 4) is 22.3 Å². The van der Waals surface area contributed by atoms with Crippen LogP contribution in [0.1, 0.15) is 0 Å². The molecule has 0 aromatic heterocycles. The van der Waals surface area contributed by atoms with Gasteiger partial charge in [-0.15, -0.1) is 0 Å². The van der Waals surface area contributed by atoms with Gasteiger partial charge in [-0.1, -0.05) is 84.9 Å². The van der Waals surface area contributed by atoms with Crippen LogP contribution in [0, 0.1) is 11.6 Å². The molecule has 2 heteroatoms. The molecule has 28 heavy (non-hydrogen) atoms. The second-order valence-corrected chi connectivity index (χ2v) is 6.80. The lowest BCUT2D eigenvalue weighted by atomic mass is 9.86. The molecule has 134 valence electrons. The van der Waals surface area contributed by atoms with Crippen molar-refractivity contribution in [1.29, 1.82) is 0 Å². The van der Waals surface area contributed by atoms with Gasteiger partial charge in [0.25, 0.3) is 0 Å². The highest BCUT2D eigenvalue weighted by Gasteiger charge is 2.19. The number of hydrogen-bond acceptors (Lipinski definition) is 0. The Labute approximate surface area is 161 Å². The largest absolute Gasteiger partial charge is 0.206 e. The minimum atomic E-state index is -0.267. The van der Waals surface area contributed by atoms with Gasteiger partial charge in [-0.3, -0.25) is 0 Å². The second kappa shape index (κ2) is 6.58. The van der Waals surface area contributed by atoms with Crippen molar-refractivity contribution < 1.29 is 8.78 Å². The monoisotopic (exact) mass is 366 g/mol. The van der Waals surface area contributed by atoms with E-state index >= 15 is 0 Å². The summed E-state index contributed by atoms with van der Waals surface area (Å²) >= 11 is 0. The summed E-state index contributed by atoms with van der Waals surface area (Å²) in [6.07, 6.45) is 0. The van der Waals surface area contributed by atoms with E-state index in [-0.39, 0.29) is 11.6 Å². The molecule has 0 N–H and O–H groups in total. The summed E-state index contributed by atoms with van der Waals surface area (Å²) in [7, 11) is 0. The average molecular weight is 366 g/mol. The molecule has 5 aromatic rings. The Balaban J connectivity index is 2.04. The van der Waals surface area contributed by atoms with E-state index in [0.29, 0.717) is 11.1 Å². The number of halogens is 2. The minimum absolute atomic E-state index is 0.267. The van der Waals surface area contributed by atoms with Crippen molar-refractivity contribution in [2.75, 3.05) is 0 Å². The zero-order valence-electron chi connectivity index (χ0n) is 15.0. The maximum Gasteiger partial charge on any atom is 0.131 e. The fourth-order valence-electron chi connectivity index (χ4n) is 4.04. The van der Waals surface area contributed by atoms with Crippen molar-refractivity contribution >= 4 is 21.5 Å². The Hall–Kier alpha value is -3.52. The third-order valence-corrected chi connectivity index (χ3v) is 5.22. The van der Waals surface area contributed by atoms with Gasteiger partial charge in [0.05, 0.1) is 0 Å². The first kappa shape index (κ1) is 16.6. The van der Waals surface area contributed by atoms with Crippen LogP contribution in [-0.2, 0) is 0 Å². The minimum Gasteiger partial charge on any atom is -0.206 e. The molecule has 5 aromatic carbocycles. The maximum absolute atomic E-state index is 14.8. The van der Waals surface area contributed by atoms with Gasteiger partial charge < -0.3 is 0 Å². The van der Waals surface area contributed by atoms with E-state index in [0.717, 1.165) is 32.7 Å². The van der Waals surface area contributed by atoms with Crippen LogP contribution >= 0.6 is 0 Å². The molecular formula is C26H16F2. The quantitative estimate of drug-likeness (QED) is 0.282. The highest BCUT2D eigenvalue weighted by Crippen LogP contribution is 2.44. The standard InChI is InChI=1S/C26H16F2/c27-23-15-7-5-13-21(23)25-17-9-1-2-10-18(17)26(20-12-4-3-11-19(20)25)22-14-6-8-16-24(22)28/h1-16H. The summed E-state index contributed by atoms with van der Waals surface area (Å²) in [4.78, 5) is 0. The van der Waals surface area contributed by atoms with Crippen molar-refractivity contribution in [2.24, 2.45) is 0 Å². The smallest absolute Gasteiger partial charge is 0.131 e. The Morgan fingerprint density at radius 3 is 0.964 bits per heavy atom. The van der Waals surface area contributed by atoms with Crippen molar-refractivity contribution in [2.45, 2.75) is 0 Å². The van der Waals surface area contributed by atoms with Gasteiger partial charge in [0.2, 0.25) is 0 Å². The SMILES string of the molecule is Fc1ccccc1-c1c2ccccc2c(-c2ccccc2F)c2ccccc12. The fourth-order valence-corrected chi connectivity index (χ4v) is 4.04. The normalized spacial score (nSPS) is 11.2. The maximum atomic E-state index is 14.8. The van der Waals surface area contributed by atoms with Crippen molar-refractivity contribution in [1.82, 2.24) is 0 Å². The van der Waals surface area contributed by atoms with Crippen LogP contribution in [0.4, 0.5) is 8.78 Å². The van der Waals surface area contributed by atoms with Gasteiger partial charge in [-0.2, -0.15) is 0 Å². The van der Waals surface area contributed by atoms with Gasteiger partial charge in [0.1, 0.15) is 11.6 Å². The average Bonchev–Trinajstić information content (AvgIpc) is 2.73. The molecular weight excluding hydrogens is 350 g/mol. The first-order valence-corrected chi connectivity index (χ1v) is 9.19. The summed E-state index contributed by atoms with van der Waals surface area (Å²) in [5.41, 5.74) is 2.78. The molecule has 0 unspecified atom stereocenters. The van der Waals surface area contributed by atoms with E-state index in [1.807, 2.05) is 60.7 Å². The summed E-state index contributed by atoms with van der Waals surface area (Å²) < 4.78 is 29.5. The van der Waals surface area contributed by atoms with Crippen LogP contribution < -0.4 is 0 Å². The van der Waals surface area contributed by atoms with E-state index in [9.17, 15) is 8.78 Å². The summed E-state index contributed by atoms with van der Waals surface area (Å²) in [6, 6.07) is 29.3. The number of fused-ring (bicyclic) bond motifs is 2. The van der Waals surface area contributed by atoms with Crippen LogP contribution in [0.25, 0.3) is 43.8 Å². The predicted molar refractivity (Wildman–Crippen MR) is 112 cm³/mol. The topological polar surface area (TPSA) is 0 Å². The van der Waals surface area contributed by atoms with Crippen LogP contribution in [0.2, 0.25) is 0 Å². The Bertz CT molecular complexity index is 1170. The first-order chi connectivity index (χ1) is 13.8. The Kier molecular flexibility index (Phi) is 3.91. The highest BCUT2D eigenvalue weighted by molar-refractivity contribution is 6.21. The summed E-state index contributed by atoms with van der Waals surface area (Å²) in [6.45, 7) is 0. The molecule has 0 heterocycles. The van der Waals surface area contributed by atoms with Gasteiger partial charge in [-0.05, 0) is 33.7 Å². The van der Waals surface area contributed by atoms with Crippen LogP contribution in [0.5, 0.6) is 0 Å². The Morgan fingerprint density at radius 1 is 0.357 bits per heavy atom. The molecule has 0 aliphatic carbocycles. The molecule has 0 nitrogen and oxygen atoms in total. The van der Waals surface area contributed by atoms with E-state index in [1.165, 1.54) is 12.1 Å². The predicted octanol–water partition coefficient (Wildman–Crippen LogP) is 7.61. The zero-order valence-corrected chi connectivity index (χ0v) is 15.0. The molecule has 0 fully saturated rings. The van der Waals surface area contributed by atoms with Crippen LogP contribution in [-0.4, -0.2) is 0 Å². The molecule has 0 amide bonds. The molecule has 0 bridgehead atoms. The molecule has 0 atom stereocenters. The lowest BCUT2D eigenvalue weighted by molar-refractivity contribution is 0.631. The van der Waals surface area contributed by atoms with Gasteiger partial charge >= 0.3 is 0 Å². The third-order valence-electron chi connectivity index (χ3n) is 5.22. The molecule has 0 saturated carbocycles. The van der Waals surface area contributed by atoms with Gasteiger partial charge in [0.15, 0.2) is 0 Å². The molecule has 5 rings (SSSR count). The summed E-state index contributed by atoms with van der Waals surface area (Å²) in [5.74, 6) is -0.534. The molecule has 0 aliphatic rings. The molecule has 0 radical (unpaired) electrons. The molecule has 0 aliphatic heterocycles. The van der Waals surface area contributed by atoms with Crippen molar-refractivity contribution in [3.63, 3.8) is 0 Å². The lowest BCUT2D eigenvalue weighted by Crippen LogP contribution is -1.93. The van der Waals surface area contributed by atoms with E-state index in [1.54, 1.807) is 24.3 Å². The highest BCUT2D eigenvalue weighted by atomic mass is 19.1. The zero-order chi connectivity index (χ0) is 19.1. The van der Waals surface area contributed by atoms with Crippen LogP contribution in [0.15, 0.2) is 97.1 Å². The molecule has 0 spiro atoms. The van der Waals surface area contributed by atoms with Crippen molar-refractivity contribution in [3.05, 3.63) is 109 Å². The first-order valence-electron chi connectivity index (χ1n) is 9.19. The number of hydrogen-bond donors (Lipinski definition) is 0. The molecule has 0 saturated heterocycles. The van der Waals surface area contributed by atoms with E-state index < -0.39 is 0 Å².